The summed E-state index contributed by atoms with van der Waals surface area (Å²) in [7, 11) is 0. The van der Waals surface area contributed by atoms with Crippen molar-refractivity contribution in [2.45, 2.75) is 20.0 Å². The lowest BCUT2D eigenvalue weighted by molar-refractivity contribution is -0.142. The Morgan fingerprint density at radius 3 is 2.60 bits per heavy atom. The fourth-order valence-corrected chi connectivity index (χ4v) is 3.41. The van der Waals surface area contributed by atoms with Crippen LogP contribution in [-0.4, -0.2) is 18.5 Å². The van der Waals surface area contributed by atoms with E-state index in [1.165, 1.54) is 6.07 Å². The average Bonchev–Trinajstić information content (AvgIpc) is 3.04. The molecule has 152 valence electrons. The van der Waals surface area contributed by atoms with Crippen molar-refractivity contribution < 1.29 is 23.5 Å². The molecule has 2 aromatic carbocycles. The van der Waals surface area contributed by atoms with Gasteiger partial charge in [-0.25, -0.2) is 14.4 Å². The monoisotopic (exact) mass is 405 g/mol. The maximum Gasteiger partial charge on any atom is 0.356 e. The number of rotatable bonds is 5. The standard InChI is InChI=1S/C23H19NO6/c1-3-28-22(26)19-20(23(27)30-21(19)14-7-5-4-6-8-14)24-15-9-10-16-13(2)11-18(25)29-17(16)12-15/h4-12,21,24H,3H2,1-2H3. The number of esters is 2. The van der Waals surface area contributed by atoms with Crippen molar-refractivity contribution in [3.63, 3.8) is 0 Å². The molecule has 0 spiro atoms. The second-order valence-electron chi connectivity index (χ2n) is 6.79. The molecule has 2 heterocycles. The van der Waals surface area contributed by atoms with E-state index >= 15 is 0 Å². The lowest BCUT2D eigenvalue weighted by Gasteiger charge is -2.13. The molecule has 1 aliphatic rings. The van der Waals surface area contributed by atoms with Gasteiger partial charge in [0.25, 0.3) is 0 Å². The quantitative estimate of drug-likeness (QED) is 0.512. The van der Waals surface area contributed by atoms with Crippen LogP contribution >= 0.6 is 0 Å². The molecule has 7 heteroatoms. The van der Waals surface area contributed by atoms with Gasteiger partial charge in [0.15, 0.2) is 6.10 Å². The highest BCUT2D eigenvalue weighted by atomic mass is 16.6. The van der Waals surface area contributed by atoms with Gasteiger partial charge in [-0.15, -0.1) is 0 Å². The number of aryl methyl sites for hydroxylation is 1. The summed E-state index contributed by atoms with van der Waals surface area (Å²) in [6.07, 6.45) is -0.874. The Morgan fingerprint density at radius 1 is 1.10 bits per heavy atom. The van der Waals surface area contributed by atoms with Crippen molar-refractivity contribution in [2.24, 2.45) is 0 Å². The predicted molar refractivity (Wildman–Crippen MR) is 110 cm³/mol. The minimum absolute atomic E-state index is 0.00310. The van der Waals surface area contributed by atoms with E-state index in [9.17, 15) is 14.4 Å². The van der Waals surface area contributed by atoms with Gasteiger partial charge in [0.05, 0.1) is 6.61 Å². The van der Waals surface area contributed by atoms with Gasteiger partial charge in [-0.05, 0) is 37.1 Å². The highest BCUT2D eigenvalue weighted by Gasteiger charge is 2.40. The first-order valence-corrected chi connectivity index (χ1v) is 9.46. The Kier molecular flexibility index (Phi) is 5.10. The Hall–Kier alpha value is -3.87. The number of anilines is 1. The summed E-state index contributed by atoms with van der Waals surface area (Å²) in [5.41, 5.74) is 1.91. The molecule has 30 heavy (non-hydrogen) atoms. The molecule has 0 saturated heterocycles. The van der Waals surface area contributed by atoms with Crippen molar-refractivity contribution in [3.05, 3.63) is 87.4 Å². The van der Waals surface area contributed by atoms with Crippen LogP contribution in [0.2, 0.25) is 0 Å². The fourth-order valence-electron chi connectivity index (χ4n) is 3.41. The Labute approximate surface area is 171 Å². The third-order valence-electron chi connectivity index (χ3n) is 4.78. The second-order valence-corrected chi connectivity index (χ2v) is 6.79. The maximum absolute atomic E-state index is 12.7. The molecule has 4 rings (SSSR count). The Morgan fingerprint density at radius 2 is 1.87 bits per heavy atom. The lowest BCUT2D eigenvalue weighted by atomic mass is 10.0. The van der Waals surface area contributed by atoms with E-state index in [2.05, 4.69) is 5.32 Å². The molecule has 3 aromatic rings. The molecular formula is C23H19NO6. The van der Waals surface area contributed by atoms with Gasteiger partial charge in [-0.2, -0.15) is 0 Å². The molecule has 1 aromatic heterocycles. The number of cyclic esters (lactones) is 1. The molecule has 1 aliphatic heterocycles. The fraction of sp³-hybridized carbons (Fsp3) is 0.174. The van der Waals surface area contributed by atoms with E-state index in [1.54, 1.807) is 49.4 Å². The highest BCUT2D eigenvalue weighted by molar-refractivity contribution is 6.06. The normalized spacial score (nSPS) is 15.9. The second kappa shape index (κ2) is 7.87. The van der Waals surface area contributed by atoms with Gasteiger partial charge < -0.3 is 19.2 Å². The average molecular weight is 405 g/mol. The zero-order chi connectivity index (χ0) is 21.3. The van der Waals surface area contributed by atoms with Crippen LogP contribution in [0.25, 0.3) is 11.0 Å². The van der Waals surface area contributed by atoms with Crippen molar-refractivity contribution in [2.75, 3.05) is 11.9 Å². The largest absolute Gasteiger partial charge is 0.462 e. The molecule has 0 saturated carbocycles. The lowest BCUT2D eigenvalue weighted by Crippen LogP contribution is -2.16. The summed E-state index contributed by atoms with van der Waals surface area (Å²) < 4.78 is 15.9. The molecular weight excluding hydrogens is 386 g/mol. The number of fused-ring (bicyclic) bond motifs is 1. The van der Waals surface area contributed by atoms with E-state index in [0.717, 1.165) is 10.9 Å². The van der Waals surface area contributed by atoms with E-state index in [4.69, 9.17) is 13.9 Å². The number of hydrogen-bond acceptors (Lipinski definition) is 7. The van der Waals surface area contributed by atoms with Gasteiger partial charge in [-0.1, -0.05) is 30.3 Å². The van der Waals surface area contributed by atoms with Crippen LogP contribution in [0.4, 0.5) is 5.69 Å². The number of ether oxygens (including phenoxy) is 2. The Balaban J connectivity index is 1.78. The predicted octanol–water partition coefficient (Wildman–Crippen LogP) is 3.63. The summed E-state index contributed by atoms with van der Waals surface area (Å²) in [4.78, 5) is 37.0. The molecule has 1 N–H and O–H groups in total. The van der Waals surface area contributed by atoms with Crippen LogP contribution in [-0.2, 0) is 19.1 Å². The van der Waals surface area contributed by atoms with Crippen LogP contribution in [0, 0.1) is 6.92 Å². The smallest absolute Gasteiger partial charge is 0.356 e. The van der Waals surface area contributed by atoms with Crippen LogP contribution < -0.4 is 10.9 Å². The summed E-state index contributed by atoms with van der Waals surface area (Å²) in [6.45, 7) is 3.66. The van der Waals surface area contributed by atoms with Crippen LogP contribution in [0.5, 0.6) is 0 Å². The van der Waals surface area contributed by atoms with Crippen molar-refractivity contribution >= 4 is 28.6 Å². The maximum atomic E-state index is 12.7. The number of hydrogen-bond donors (Lipinski definition) is 1. The summed E-state index contributed by atoms with van der Waals surface area (Å²) in [5.74, 6) is -1.31. The van der Waals surface area contributed by atoms with Gasteiger partial charge in [0, 0.05) is 23.2 Å². The molecule has 0 fully saturated rings. The molecule has 1 atom stereocenters. The van der Waals surface area contributed by atoms with Crippen molar-refractivity contribution in [1.82, 2.24) is 0 Å². The molecule has 7 nitrogen and oxygen atoms in total. The summed E-state index contributed by atoms with van der Waals surface area (Å²) >= 11 is 0. The third kappa shape index (κ3) is 3.57. The van der Waals surface area contributed by atoms with Gasteiger partial charge >= 0.3 is 17.6 Å². The van der Waals surface area contributed by atoms with Gasteiger partial charge in [0.2, 0.25) is 0 Å². The Bertz CT molecular complexity index is 1230. The van der Waals surface area contributed by atoms with Crippen LogP contribution in [0.1, 0.15) is 24.2 Å². The SMILES string of the molecule is CCOC(=O)C1=C(Nc2ccc3c(C)cc(=O)oc3c2)C(=O)OC1c1ccccc1. The molecule has 0 aliphatic carbocycles. The van der Waals surface area contributed by atoms with E-state index in [1.807, 2.05) is 13.0 Å². The summed E-state index contributed by atoms with van der Waals surface area (Å²) in [5, 5.41) is 3.73. The van der Waals surface area contributed by atoms with Crippen molar-refractivity contribution in [1.29, 1.82) is 0 Å². The van der Waals surface area contributed by atoms with Crippen LogP contribution in [0.15, 0.2) is 75.1 Å². The highest BCUT2D eigenvalue weighted by Crippen LogP contribution is 2.36. The van der Waals surface area contributed by atoms with E-state index in [-0.39, 0.29) is 17.9 Å². The van der Waals surface area contributed by atoms with E-state index < -0.39 is 23.7 Å². The van der Waals surface area contributed by atoms with Gasteiger partial charge in [-0.3, -0.25) is 0 Å². The first kappa shape index (κ1) is 19.4. The van der Waals surface area contributed by atoms with Crippen LogP contribution in [0.3, 0.4) is 0 Å². The zero-order valence-corrected chi connectivity index (χ0v) is 16.4. The molecule has 1 unspecified atom stereocenters. The van der Waals surface area contributed by atoms with Crippen molar-refractivity contribution in [3.8, 4) is 0 Å². The third-order valence-corrected chi connectivity index (χ3v) is 4.78. The zero-order valence-electron chi connectivity index (χ0n) is 16.4. The number of carbonyl (C=O) groups excluding carboxylic acids is 2. The number of benzene rings is 2. The first-order chi connectivity index (χ1) is 14.5. The molecule has 0 amide bonds. The minimum Gasteiger partial charge on any atom is -0.462 e. The number of carbonyl (C=O) groups is 2. The summed E-state index contributed by atoms with van der Waals surface area (Å²) in [6, 6.07) is 15.5. The molecule has 0 bridgehead atoms. The minimum atomic E-state index is -0.874. The first-order valence-electron chi connectivity index (χ1n) is 9.46. The number of nitrogens with one attached hydrogen (secondary N) is 1. The van der Waals surface area contributed by atoms with Gasteiger partial charge in [0.1, 0.15) is 16.9 Å². The molecule has 0 radical (unpaired) electrons. The topological polar surface area (TPSA) is 94.8 Å². The van der Waals surface area contributed by atoms with E-state index in [0.29, 0.717) is 16.8 Å².